The monoisotopic (exact) mass is 562 g/mol. The summed E-state index contributed by atoms with van der Waals surface area (Å²) in [6.07, 6.45) is 0.0182. The van der Waals surface area contributed by atoms with Crippen molar-refractivity contribution in [3.63, 3.8) is 0 Å². The fourth-order valence-electron chi connectivity index (χ4n) is 4.84. The zero-order chi connectivity index (χ0) is 28.1. The molecule has 5 rings (SSSR count). The number of aryl methyl sites for hydroxylation is 1. The van der Waals surface area contributed by atoms with Gasteiger partial charge in [0.25, 0.3) is 0 Å². The predicted molar refractivity (Wildman–Crippen MR) is 138 cm³/mol. The van der Waals surface area contributed by atoms with Gasteiger partial charge in [-0.05, 0) is 78.6 Å². The molecule has 1 aromatic heterocycles. The molecule has 0 spiro atoms. The molecule has 0 amide bonds. The molecule has 3 aromatic rings. The highest BCUT2D eigenvalue weighted by atomic mass is 19.4. The Labute approximate surface area is 228 Å². The Bertz CT molecular complexity index is 1270. The van der Waals surface area contributed by atoms with Crippen LogP contribution >= 0.6 is 0 Å². The van der Waals surface area contributed by atoms with Gasteiger partial charge in [-0.25, -0.2) is 0 Å². The first-order chi connectivity index (χ1) is 19.2. The standard InChI is InChI=1S/C27H29F3N4O6/c28-27(29,30)40-23-7-5-21(6-8-23)37-16-12-19-9-13-32(14-10-19)20-1-3-22(4-2-20)38-18-24-11-15-33-17-25(34(35)36)31-26(33)39-24/h1-8,17,19,24H,9-16,18H2/t24-/m1/s1. The van der Waals surface area contributed by atoms with E-state index < -0.39 is 11.3 Å². The lowest BCUT2D eigenvalue weighted by molar-refractivity contribution is -0.389. The molecule has 1 fully saturated rings. The van der Waals surface area contributed by atoms with Gasteiger partial charge in [-0.15, -0.1) is 13.2 Å². The molecule has 0 radical (unpaired) electrons. The van der Waals surface area contributed by atoms with E-state index in [1.807, 2.05) is 24.3 Å². The van der Waals surface area contributed by atoms with Gasteiger partial charge in [0.2, 0.25) is 0 Å². The van der Waals surface area contributed by atoms with Crippen molar-refractivity contribution in [3.8, 4) is 23.3 Å². The zero-order valence-corrected chi connectivity index (χ0v) is 21.6. The van der Waals surface area contributed by atoms with E-state index in [9.17, 15) is 23.3 Å². The first-order valence-corrected chi connectivity index (χ1v) is 13.1. The van der Waals surface area contributed by atoms with Crippen molar-refractivity contribution in [2.75, 3.05) is 31.2 Å². The highest BCUT2D eigenvalue weighted by Gasteiger charge is 2.31. The van der Waals surface area contributed by atoms with Crippen LogP contribution in [0.5, 0.6) is 23.3 Å². The van der Waals surface area contributed by atoms with E-state index in [1.54, 1.807) is 4.57 Å². The summed E-state index contributed by atoms with van der Waals surface area (Å²) in [5.74, 6) is 1.25. The number of aromatic nitrogens is 2. The maximum atomic E-state index is 12.3. The van der Waals surface area contributed by atoms with Crippen LogP contribution in [0.4, 0.5) is 24.7 Å². The molecule has 0 saturated carbocycles. The number of ether oxygens (including phenoxy) is 4. The first-order valence-electron chi connectivity index (χ1n) is 13.1. The summed E-state index contributed by atoms with van der Waals surface area (Å²) < 4.78 is 59.7. The molecule has 3 heterocycles. The number of nitro groups is 1. The lowest BCUT2D eigenvalue weighted by Gasteiger charge is -2.33. The van der Waals surface area contributed by atoms with Crippen LogP contribution in [-0.2, 0) is 6.54 Å². The van der Waals surface area contributed by atoms with Crippen LogP contribution in [0.2, 0.25) is 0 Å². The van der Waals surface area contributed by atoms with Gasteiger partial charge in [-0.3, -0.25) is 4.57 Å². The van der Waals surface area contributed by atoms with Gasteiger partial charge >= 0.3 is 18.2 Å². The van der Waals surface area contributed by atoms with E-state index in [1.165, 1.54) is 30.5 Å². The van der Waals surface area contributed by atoms with Crippen LogP contribution in [0.25, 0.3) is 0 Å². The number of benzene rings is 2. The largest absolute Gasteiger partial charge is 0.573 e. The Morgan fingerprint density at radius 1 is 0.950 bits per heavy atom. The second-order valence-corrected chi connectivity index (χ2v) is 9.75. The van der Waals surface area contributed by atoms with Crippen molar-refractivity contribution in [2.24, 2.45) is 5.92 Å². The third-order valence-electron chi connectivity index (χ3n) is 6.98. The van der Waals surface area contributed by atoms with Gasteiger partial charge < -0.3 is 34.0 Å². The Hall–Kier alpha value is -4.16. The maximum Gasteiger partial charge on any atom is 0.573 e. The van der Waals surface area contributed by atoms with Gasteiger partial charge in [0.15, 0.2) is 0 Å². The molecule has 2 aliphatic rings. The number of piperidine rings is 1. The van der Waals surface area contributed by atoms with Crippen molar-refractivity contribution in [3.05, 3.63) is 64.8 Å². The summed E-state index contributed by atoms with van der Waals surface area (Å²) in [6, 6.07) is 13.6. The van der Waals surface area contributed by atoms with Crippen LogP contribution in [0.1, 0.15) is 25.7 Å². The molecule has 2 aromatic carbocycles. The lowest BCUT2D eigenvalue weighted by atomic mass is 9.93. The number of hydrogen-bond donors (Lipinski definition) is 0. The summed E-state index contributed by atoms with van der Waals surface area (Å²) in [4.78, 5) is 16.6. The normalized spacial score (nSPS) is 17.6. The smallest absolute Gasteiger partial charge is 0.494 e. The first kappa shape index (κ1) is 27.4. The average Bonchev–Trinajstić information content (AvgIpc) is 3.37. The third kappa shape index (κ3) is 7.27. The number of fused-ring (bicyclic) bond motifs is 1. The summed E-state index contributed by atoms with van der Waals surface area (Å²) in [6.45, 7) is 3.24. The molecule has 214 valence electrons. The van der Waals surface area contributed by atoms with Crippen LogP contribution in [0.15, 0.2) is 54.7 Å². The van der Waals surface area contributed by atoms with Gasteiger partial charge in [0, 0.05) is 36.7 Å². The Morgan fingerprint density at radius 2 is 1.60 bits per heavy atom. The highest BCUT2D eigenvalue weighted by Crippen LogP contribution is 2.29. The average molecular weight is 563 g/mol. The molecule has 1 atom stereocenters. The minimum atomic E-state index is -4.71. The van der Waals surface area contributed by atoms with Crippen molar-refractivity contribution < 1.29 is 37.0 Å². The maximum absolute atomic E-state index is 12.3. The van der Waals surface area contributed by atoms with Crippen LogP contribution in [0, 0.1) is 16.0 Å². The second kappa shape index (κ2) is 11.9. The van der Waals surface area contributed by atoms with Gasteiger partial charge in [-0.1, -0.05) is 0 Å². The van der Waals surface area contributed by atoms with Crippen molar-refractivity contribution in [1.82, 2.24) is 9.55 Å². The Balaban J connectivity index is 1.01. The van der Waals surface area contributed by atoms with E-state index >= 15 is 0 Å². The number of nitrogens with zero attached hydrogens (tertiary/aromatic N) is 4. The van der Waals surface area contributed by atoms with Crippen molar-refractivity contribution >= 4 is 11.5 Å². The van der Waals surface area contributed by atoms with Crippen LogP contribution in [-0.4, -0.2) is 53.2 Å². The van der Waals surface area contributed by atoms with Gasteiger partial charge in [-0.2, -0.15) is 0 Å². The van der Waals surface area contributed by atoms with E-state index in [-0.39, 0.29) is 23.7 Å². The molecule has 0 N–H and O–H groups in total. The number of hydrogen-bond acceptors (Lipinski definition) is 8. The molecule has 0 aliphatic carbocycles. The second-order valence-electron chi connectivity index (χ2n) is 9.75. The van der Waals surface area contributed by atoms with E-state index in [0.717, 1.165) is 43.8 Å². The number of imidazole rings is 1. The van der Waals surface area contributed by atoms with Crippen LogP contribution in [0.3, 0.4) is 0 Å². The Morgan fingerprint density at radius 3 is 2.27 bits per heavy atom. The van der Waals surface area contributed by atoms with Gasteiger partial charge in [0.1, 0.15) is 36.2 Å². The molecule has 10 nitrogen and oxygen atoms in total. The lowest BCUT2D eigenvalue weighted by Crippen LogP contribution is -2.34. The summed E-state index contributed by atoms with van der Waals surface area (Å²) in [7, 11) is 0. The number of anilines is 1. The molecule has 0 unspecified atom stereocenters. The predicted octanol–water partition coefficient (Wildman–Crippen LogP) is 5.61. The fourth-order valence-corrected chi connectivity index (χ4v) is 4.84. The van der Waals surface area contributed by atoms with Gasteiger partial charge in [0.05, 0.1) is 6.61 Å². The minimum absolute atomic E-state index is 0.225. The summed E-state index contributed by atoms with van der Waals surface area (Å²) >= 11 is 0. The number of alkyl halides is 3. The summed E-state index contributed by atoms with van der Waals surface area (Å²) in [5.41, 5.74) is 1.12. The van der Waals surface area contributed by atoms with Crippen molar-refractivity contribution in [2.45, 2.75) is 44.7 Å². The minimum Gasteiger partial charge on any atom is -0.494 e. The molecular formula is C27H29F3N4O6. The van der Waals surface area contributed by atoms with Crippen molar-refractivity contribution in [1.29, 1.82) is 0 Å². The zero-order valence-electron chi connectivity index (χ0n) is 21.6. The summed E-state index contributed by atoms with van der Waals surface area (Å²) in [5, 5.41) is 10.9. The SMILES string of the molecule is O=[N+]([O-])c1cn2c(n1)O[C@@H](COc1ccc(N3CCC(CCOc4ccc(OC(F)(F)F)cc4)CC3)cc1)CC2. The van der Waals surface area contributed by atoms with E-state index in [2.05, 4.69) is 14.6 Å². The van der Waals surface area contributed by atoms with E-state index in [4.69, 9.17) is 14.2 Å². The number of rotatable bonds is 10. The Kier molecular flexibility index (Phi) is 8.17. The molecule has 0 bridgehead atoms. The molecule has 13 heteroatoms. The molecule has 40 heavy (non-hydrogen) atoms. The molecular weight excluding hydrogens is 533 g/mol. The fraction of sp³-hybridized carbons (Fsp3) is 0.444. The molecule has 2 aliphatic heterocycles. The number of halogens is 3. The van der Waals surface area contributed by atoms with E-state index in [0.29, 0.717) is 37.8 Å². The third-order valence-corrected chi connectivity index (χ3v) is 6.98. The highest BCUT2D eigenvalue weighted by molar-refractivity contribution is 5.49. The topological polar surface area (TPSA) is 101 Å². The molecule has 1 saturated heterocycles. The quantitative estimate of drug-likeness (QED) is 0.232. The van der Waals surface area contributed by atoms with Crippen LogP contribution < -0.4 is 23.8 Å².